The van der Waals surface area contributed by atoms with Gasteiger partial charge in [-0.2, -0.15) is 0 Å². The van der Waals surface area contributed by atoms with E-state index in [9.17, 15) is 9.59 Å². The van der Waals surface area contributed by atoms with Crippen LogP contribution in [0.3, 0.4) is 0 Å². The minimum absolute atomic E-state index is 0.127. The van der Waals surface area contributed by atoms with Gasteiger partial charge in [-0.15, -0.1) is 0 Å². The number of nitrogens with zero attached hydrogens (tertiary/aromatic N) is 2. The van der Waals surface area contributed by atoms with E-state index in [4.69, 9.17) is 5.73 Å². The number of aryl methyl sites for hydroxylation is 1. The van der Waals surface area contributed by atoms with Crippen LogP contribution in [0.1, 0.15) is 12.0 Å². The second-order valence-electron chi connectivity index (χ2n) is 5.50. The lowest BCUT2D eigenvalue weighted by Gasteiger charge is -2.15. The topological polar surface area (TPSA) is 75.8 Å². The molecule has 0 saturated carbocycles. The van der Waals surface area contributed by atoms with Crippen molar-refractivity contribution in [3.8, 4) is 0 Å². The van der Waals surface area contributed by atoms with E-state index in [0.29, 0.717) is 5.69 Å². The summed E-state index contributed by atoms with van der Waals surface area (Å²) in [6.07, 6.45) is 0.127. The Morgan fingerprint density at radius 2 is 1.92 bits per heavy atom. The summed E-state index contributed by atoms with van der Waals surface area (Å²) in [6, 6.07) is 16.6. The van der Waals surface area contributed by atoms with E-state index in [1.54, 1.807) is 6.07 Å². The zero-order valence-electron chi connectivity index (χ0n) is 13.2. The van der Waals surface area contributed by atoms with Crippen LogP contribution in [-0.4, -0.2) is 22.2 Å². The molecular weight excluding hydrogens is 322 g/mol. The molecule has 2 N–H and O–H groups in total. The summed E-state index contributed by atoms with van der Waals surface area (Å²) in [4.78, 5) is 30.4. The van der Waals surface area contributed by atoms with Crippen molar-refractivity contribution < 1.29 is 9.59 Å². The molecule has 0 aliphatic carbocycles. The smallest absolute Gasteiger partial charge is 0.247 e. The van der Waals surface area contributed by atoms with Gasteiger partial charge in [0.15, 0.2) is 5.17 Å². The van der Waals surface area contributed by atoms with Gasteiger partial charge in [-0.3, -0.25) is 9.59 Å². The maximum atomic E-state index is 12.6. The van der Waals surface area contributed by atoms with Gasteiger partial charge in [-0.25, -0.2) is 9.89 Å². The van der Waals surface area contributed by atoms with Gasteiger partial charge in [0.1, 0.15) is 5.25 Å². The normalized spacial score (nSPS) is 18.3. The Morgan fingerprint density at radius 3 is 2.62 bits per heavy atom. The summed E-state index contributed by atoms with van der Waals surface area (Å²) in [5.41, 5.74) is 8.25. The fraction of sp³-hybridized carbons (Fsp3) is 0.167. The van der Waals surface area contributed by atoms with Gasteiger partial charge in [0.2, 0.25) is 11.8 Å². The third kappa shape index (κ3) is 3.49. The van der Waals surface area contributed by atoms with Gasteiger partial charge in [-0.1, -0.05) is 42.1 Å². The van der Waals surface area contributed by atoms with Crippen LogP contribution in [0.2, 0.25) is 0 Å². The molecular formula is C18H17N3O2S. The van der Waals surface area contributed by atoms with Gasteiger partial charge >= 0.3 is 0 Å². The molecule has 1 aliphatic rings. The minimum atomic E-state index is -0.537. The van der Waals surface area contributed by atoms with E-state index < -0.39 is 5.25 Å². The monoisotopic (exact) mass is 339 g/mol. The highest BCUT2D eigenvalue weighted by Gasteiger charge is 2.40. The number of amides is 2. The molecule has 3 rings (SSSR count). The zero-order valence-corrected chi connectivity index (χ0v) is 14.0. The molecule has 0 unspecified atom stereocenters. The summed E-state index contributed by atoms with van der Waals surface area (Å²) >= 11 is 1.13. The van der Waals surface area contributed by atoms with Gasteiger partial charge in [-0.05, 0) is 36.8 Å². The first-order valence-corrected chi connectivity index (χ1v) is 8.42. The second-order valence-corrected chi connectivity index (χ2v) is 6.73. The second kappa shape index (κ2) is 6.88. The molecule has 24 heavy (non-hydrogen) atoms. The first kappa shape index (κ1) is 16.3. The molecule has 2 amide bonds. The standard InChI is InChI=1S/C18H17N3O2S/c1-12-6-5-9-14(10-12)21-16(22)11-15(17(21)23)24-18(19)20-13-7-3-2-4-8-13/h2-10,15H,11H2,1H3,(H2,19,20)/t15-/m1/s1. The van der Waals surface area contributed by atoms with Crippen LogP contribution < -0.4 is 10.6 Å². The van der Waals surface area contributed by atoms with Crippen molar-refractivity contribution in [2.24, 2.45) is 10.7 Å². The van der Waals surface area contributed by atoms with Crippen molar-refractivity contribution in [2.75, 3.05) is 4.90 Å². The van der Waals surface area contributed by atoms with E-state index in [1.807, 2.05) is 55.5 Å². The van der Waals surface area contributed by atoms with Crippen LogP contribution in [0.25, 0.3) is 0 Å². The number of anilines is 1. The number of rotatable bonds is 3. The number of nitrogens with two attached hydrogens (primary N) is 1. The molecule has 2 aromatic carbocycles. The molecule has 1 aliphatic heterocycles. The number of aliphatic imine (C=N–C) groups is 1. The molecule has 1 atom stereocenters. The Hall–Kier alpha value is -2.60. The molecule has 2 aromatic rings. The highest BCUT2D eigenvalue weighted by Crippen LogP contribution is 2.30. The van der Waals surface area contributed by atoms with E-state index in [-0.39, 0.29) is 23.4 Å². The quantitative estimate of drug-likeness (QED) is 0.530. The molecule has 5 nitrogen and oxygen atoms in total. The summed E-state index contributed by atoms with van der Waals surface area (Å²) in [6.45, 7) is 1.92. The number of amidine groups is 1. The molecule has 122 valence electrons. The number of hydrogen-bond acceptors (Lipinski definition) is 4. The van der Waals surface area contributed by atoms with Crippen molar-refractivity contribution in [1.29, 1.82) is 0 Å². The maximum Gasteiger partial charge on any atom is 0.247 e. The highest BCUT2D eigenvalue weighted by atomic mass is 32.2. The number of benzene rings is 2. The Morgan fingerprint density at radius 1 is 1.17 bits per heavy atom. The molecule has 0 spiro atoms. The predicted molar refractivity (Wildman–Crippen MR) is 97.4 cm³/mol. The fourth-order valence-electron chi connectivity index (χ4n) is 2.54. The first-order valence-electron chi connectivity index (χ1n) is 7.54. The highest BCUT2D eigenvalue weighted by molar-refractivity contribution is 8.15. The number of thioether (sulfide) groups is 1. The Balaban J connectivity index is 1.76. The van der Waals surface area contributed by atoms with Gasteiger partial charge in [0.25, 0.3) is 0 Å². The lowest BCUT2D eigenvalue weighted by molar-refractivity contribution is -0.121. The Kier molecular flexibility index (Phi) is 4.66. The number of carbonyl (C=O) groups is 2. The maximum absolute atomic E-state index is 12.6. The summed E-state index contributed by atoms with van der Waals surface area (Å²) in [5, 5.41) is -0.260. The number of carbonyl (C=O) groups excluding carboxylic acids is 2. The van der Waals surface area contributed by atoms with Crippen molar-refractivity contribution in [1.82, 2.24) is 0 Å². The molecule has 0 radical (unpaired) electrons. The van der Waals surface area contributed by atoms with Gasteiger partial charge in [0.05, 0.1) is 11.4 Å². The lowest BCUT2D eigenvalue weighted by atomic mass is 10.2. The van der Waals surface area contributed by atoms with Crippen LogP contribution in [0.15, 0.2) is 59.6 Å². The number of hydrogen-bond donors (Lipinski definition) is 1. The fourth-order valence-corrected chi connectivity index (χ4v) is 3.42. The van der Waals surface area contributed by atoms with E-state index in [0.717, 1.165) is 23.0 Å². The van der Waals surface area contributed by atoms with E-state index in [1.165, 1.54) is 4.90 Å². The largest absolute Gasteiger partial charge is 0.378 e. The molecule has 0 aromatic heterocycles. The minimum Gasteiger partial charge on any atom is -0.378 e. The van der Waals surface area contributed by atoms with Crippen LogP contribution in [0.5, 0.6) is 0 Å². The Labute approximate surface area is 144 Å². The summed E-state index contributed by atoms with van der Waals surface area (Å²) in [7, 11) is 0. The first-order chi connectivity index (χ1) is 11.5. The van der Waals surface area contributed by atoms with E-state index >= 15 is 0 Å². The average molecular weight is 339 g/mol. The van der Waals surface area contributed by atoms with Crippen LogP contribution >= 0.6 is 11.8 Å². The number of para-hydroxylation sites is 1. The molecule has 1 heterocycles. The van der Waals surface area contributed by atoms with Gasteiger partial charge in [0, 0.05) is 6.42 Å². The predicted octanol–water partition coefficient (Wildman–Crippen LogP) is 3.01. The summed E-state index contributed by atoms with van der Waals surface area (Å²) in [5.74, 6) is -0.461. The zero-order chi connectivity index (χ0) is 17.1. The van der Waals surface area contributed by atoms with Crippen molar-refractivity contribution in [3.63, 3.8) is 0 Å². The molecule has 0 bridgehead atoms. The van der Waals surface area contributed by atoms with Crippen molar-refractivity contribution in [3.05, 3.63) is 60.2 Å². The Bertz CT molecular complexity index is 805. The van der Waals surface area contributed by atoms with Crippen LogP contribution in [0.4, 0.5) is 11.4 Å². The SMILES string of the molecule is Cc1cccc(N2C(=O)C[C@@H](SC(N)=Nc3ccccc3)C2=O)c1. The van der Waals surface area contributed by atoms with Crippen LogP contribution in [-0.2, 0) is 9.59 Å². The van der Waals surface area contributed by atoms with Crippen LogP contribution in [0, 0.1) is 6.92 Å². The lowest BCUT2D eigenvalue weighted by Crippen LogP contribution is -2.31. The molecule has 6 heteroatoms. The third-order valence-corrected chi connectivity index (χ3v) is 4.61. The van der Waals surface area contributed by atoms with E-state index in [2.05, 4.69) is 4.99 Å². The van der Waals surface area contributed by atoms with Gasteiger partial charge < -0.3 is 5.73 Å². The van der Waals surface area contributed by atoms with Crippen molar-refractivity contribution >= 4 is 40.1 Å². The average Bonchev–Trinajstić information content (AvgIpc) is 2.82. The summed E-state index contributed by atoms with van der Waals surface area (Å²) < 4.78 is 0. The van der Waals surface area contributed by atoms with Crippen molar-refractivity contribution in [2.45, 2.75) is 18.6 Å². The molecule has 1 saturated heterocycles. The third-order valence-electron chi connectivity index (χ3n) is 3.62. The number of imide groups is 1. The molecule has 1 fully saturated rings.